The number of nitrogens with two attached hydrogens (primary N) is 1. The SMILES string of the molecule is CC(c1ccccn1)N(Cc1ccccc1)C(=O)c1cc(C(N)=O)c[nH]1. The molecule has 132 valence electrons. The van der Waals surface area contributed by atoms with Crippen LogP contribution < -0.4 is 5.73 Å². The zero-order chi connectivity index (χ0) is 18.5. The maximum absolute atomic E-state index is 13.1. The molecule has 1 aromatic carbocycles. The summed E-state index contributed by atoms with van der Waals surface area (Å²) in [6.45, 7) is 2.35. The Kier molecular flexibility index (Phi) is 5.12. The largest absolute Gasteiger partial charge is 0.366 e. The highest BCUT2D eigenvalue weighted by Gasteiger charge is 2.25. The van der Waals surface area contributed by atoms with Gasteiger partial charge in [-0.05, 0) is 30.7 Å². The zero-order valence-corrected chi connectivity index (χ0v) is 14.4. The first-order valence-electron chi connectivity index (χ1n) is 8.30. The minimum absolute atomic E-state index is 0.223. The highest BCUT2D eigenvalue weighted by atomic mass is 16.2. The Bertz CT molecular complexity index is 890. The number of carbonyl (C=O) groups excluding carboxylic acids is 2. The third-order valence-electron chi connectivity index (χ3n) is 4.24. The van der Waals surface area contributed by atoms with Gasteiger partial charge in [0.1, 0.15) is 5.69 Å². The molecule has 0 radical (unpaired) electrons. The van der Waals surface area contributed by atoms with E-state index in [1.165, 1.54) is 12.3 Å². The van der Waals surface area contributed by atoms with Crippen molar-refractivity contribution in [2.45, 2.75) is 19.5 Å². The normalized spacial score (nSPS) is 11.7. The number of hydrogen-bond donors (Lipinski definition) is 2. The minimum atomic E-state index is -0.576. The molecule has 0 aliphatic heterocycles. The Balaban J connectivity index is 1.93. The molecule has 0 fully saturated rings. The molecule has 2 amide bonds. The summed E-state index contributed by atoms with van der Waals surface area (Å²) in [7, 11) is 0. The average molecular weight is 348 g/mol. The predicted octanol–water partition coefficient (Wildman–Crippen LogP) is 2.91. The third-order valence-corrected chi connectivity index (χ3v) is 4.24. The van der Waals surface area contributed by atoms with E-state index in [-0.39, 0.29) is 17.5 Å². The van der Waals surface area contributed by atoms with E-state index in [1.807, 2.05) is 55.5 Å². The smallest absolute Gasteiger partial charge is 0.271 e. The van der Waals surface area contributed by atoms with Crippen LogP contribution in [0.15, 0.2) is 67.0 Å². The maximum atomic E-state index is 13.1. The number of aromatic nitrogens is 2. The summed E-state index contributed by atoms with van der Waals surface area (Å²) in [4.78, 5) is 33.4. The van der Waals surface area contributed by atoms with Crippen LogP contribution in [0, 0.1) is 0 Å². The fourth-order valence-corrected chi connectivity index (χ4v) is 2.76. The van der Waals surface area contributed by atoms with Gasteiger partial charge in [0.15, 0.2) is 0 Å². The Hall–Kier alpha value is -3.41. The third kappa shape index (κ3) is 3.80. The van der Waals surface area contributed by atoms with Crippen LogP contribution in [0.5, 0.6) is 0 Å². The van der Waals surface area contributed by atoms with Gasteiger partial charge >= 0.3 is 0 Å². The number of nitrogens with zero attached hydrogens (tertiary/aromatic N) is 2. The van der Waals surface area contributed by atoms with Gasteiger partial charge in [-0.1, -0.05) is 36.4 Å². The van der Waals surface area contributed by atoms with Gasteiger partial charge < -0.3 is 15.6 Å². The number of pyridine rings is 1. The molecule has 6 heteroatoms. The molecule has 3 rings (SSSR count). The number of rotatable bonds is 6. The maximum Gasteiger partial charge on any atom is 0.271 e. The van der Waals surface area contributed by atoms with Gasteiger partial charge in [-0.2, -0.15) is 0 Å². The summed E-state index contributed by atoms with van der Waals surface area (Å²) < 4.78 is 0. The van der Waals surface area contributed by atoms with Crippen LogP contribution in [0.3, 0.4) is 0 Å². The Morgan fingerprint density at radius 1 is 1.15 bits per heavy atom. The lowest BCUT2D eigenvalue weighted by molar-refractivity contribution is 0.0665. The number of primary amides is 1. The van der Waals surface area contributed by atoms with Gasteiger partial charge in [0.25, 0.3) is 5.91 Å². The second-order valence-corrected chi connectivity index (χ2v) is 6.02. The second kappa shape index (κ2) is 7.65. The van der Waals surface area contributed by atoms with E-state index in [1.54, 1.807) is 11.1 Å². The van der Waals surface area contributed by atoms with Crippen molar-refractivity contribution >= 4 is 11.8 Å². The highest BCUT2D eigenvalue weighted by molar-refractivity contribution is 5.98. The number of benzene rings is 1. The van der Waals surface area contributed by atoms with Gasteiger partial charge in [-0.25, -0.2) is 0 Å². The van der Waals surface area contributed by atoms with Crippen molar-refractivity contribution in [1.29, 1.82) is 0 Å². The van der Waals surface area contributed by atoms with Crippen LogP contribution in [0.1, 0.15) is 45.1 Å². The van der Waals surface area contributed by atoms with Crippen LogP contribution in [0.4, 0.5) is 0 Å². The van der Waals surface area contributed by atoms with Gasteiger partial charge in [0, 0.05) is 18.9 Å². The first-order valence-corrected chi connectivity index (χ1v) is 8.30. The van der Waals surface area contributed by atoms with E-state index in [0.29, 0.717) is 12.2 Å². The van der Waals surface area contributed by atoms with Gasteiger partial charge in [0.05, 0.1) is 17.3 Å². The van der Waals surface area contributed by atoms with Crippen LogP contribution in [0.25, 0.3) is 0 Å². The Morgan fingerprint density at radius 2 is 1.88 bits per heavy atom. The molecule has 2 heterocycles. The zero-order valence-electron chi connectivity index (χ0n) is 14.4. The fourth-order valence-electron chi connectivity index (χ4n) is 2.76. The molecule has 0 aliphatic carbocycles. The number of aromatic amines is 1. The lowest BCUT2D eigenvalue weighted by atomic mass is 10.1. The van der Waals surface area contributed by atoms with E-state index in [0.717, 1.165) is 11.3 Å². The molecule has 0 spiro atoms. The van der Waals surface area contributed by atoms with E-state index in [9.17, 15) is 9.59 Å². The van der Waals surface area contributed by atoms with Crippen molar-refractivity contribution in [3.63, 3.8) is 0 Å². The standard InChI is InChI=1S/C20H20N4O2/c1-14(17-9-5-6-10-22-17)24(13-15-7-3-2-4-8-15)20(26)18-11-16(12-23-18)19(21)25/h2-12,14,23H,13H2,1H3,(H2,21,25). The quantitative estimate of drug-likeness (QED) is 0.717. The summed E-state index contributed by atoms with van der Waals surface area (Å²) in [5.41, 5.74) is 7.67. The first-order chi connectivity index (χ1) is 12.6. The van der Waals surface area contributed by atoms with Crippen LogP contribution in [-0.2, 0) is 6.54 Å². The van der Waals surface area contributed by atoms with Gasteiger partial charge in [-0.3, -0.25) is 14.6 Å². The molecule has 0 saturated heterocycles. The number of nitrogens with one attached hydrogen (secondary N) is 1. The van der Waals surface area contributed by atoms with Gasteiger partial charge in [0.2, 0.25) is 5.91 Å². The van der Waals surface area contributed by atoms with Crippen molar-refractivity contribution < 1.29 is 9.59 Å². The average Bonchev–Trinajstić information content (AvgIpc) is 3.17. The molecule has 6 nitrogen and oxygen atoms in total. The van der Waals surface area contributed by atoms with Gasteiger partial charge in [-0.15, -0.1) is 0 Å². The first kappa shape index (κ1) is 17.4. The summed E-state index contributed by atoms with van der Waals surface area (Å²) in [5.74, 6) is -0.799. The van der Waals surface area contributed by atoms with E-state index in [4.69, 9.17) is 5.73 Å². The molecule has 1 atom stereocenters. The van der Waals surface area contributed by atoms with Crippen molar-refractivity contribution in [3.05, 3.63) is 89.5 Å². The van der Waals surface area contributed by atoms with Crippen molar-refractivity contribution in [2.75, 3.05) is 0 Å². The van der Waals surface area contributed by atoms with Crippen LogP contribution in [0.2, 0.25) is 0 Å². The minimum Gasteiger partial charge on any atom is -0.366 e. The molecular weight excluding hydrogens is 328 g/mol. The molecule has 3 N–H and O–H groups in total. The number of hydrogen-bond acceptors (Lipinski definition) is 3. The lowest BCUT2D eigenvalue weighted by Crippen LogP contribution is -2.33. The van der Waals surface area contributed by atoms with Crippen molar-refractivity contribution in [3.8, 4) is 0 Å². The highest BCUT2D eigenvalue weighted by Crippen LogP contribution is 2.23. The van der Waals surface area contributed by atoms with E-state index < -0.39 is 5.91 Å². The Morgan fingerprint density at radius 3 is 2.50 bits per heavy atom. The molecule has 0 saturated carbocycles. The number of carbonyl (C=O) groups is 2. The summed E-state index contributed by atoms with van der Waals surface area (Å²) >= 11 is 0. The molecule has 1 unspecified atom stereocenters. The van der Waals surface area contributed by atoms with E-state index in [2.05, 4.69) is 9.97 Å². The summed E-state index contributed by atoms with van der Waals surface area (Å²) in [6.07, 6.45) is 3.15. The lowest BCUT2D eigenvalue weighted by Gasteiger charge is -2.29. The number of H-pyrrole nitrogens is 1. The van der Waals surface area contributed by atoms with E-state index >= 15 is 0 Å². The second-order valence-electron chi connectivity index (χ2n) is 6.02. The molecule has 3 aromatic rings. The molecule has 0 aliphatic rings. The fraction of sp³-hybridized carbons (Fsp3) is 0.150. The van der Waals surface area contributed by atoms with Crippen LogP contribution in [-0.4, -0.2) is 26.7 Å². The molecular formula is C20H20N4O2. The van der Waals surface area contributed by atoms with Crippen molar-refractivity contribution in [1.82, 2.24) is 14.9 Å². The summed E-state index contributed by atoms with van der Waals surface area (Å²) in [6, 6.07) is 16.6. The molecule has 0 bridgehead atoms. The van der Waals surface area contributed by atoms with Crippen molar-refractivity contribution in [2.24, 2.45) is 5.73 Å². The van der Waals surface area contributed by atoms with Crippen LogP contribution >= 0.6 is 0 Å². The predicted molar refractivity (Wildman–Crippen MR) is 98.3 cm³/mol. The molecule has 26 heavy (non-hydrogen) atoms. The summed E-state index contributed by atoms with van der Waals surface area (Å²) in [5, 5.41) is 0. The monoisotopic (exact) mass is 348 g/mol. The topological polar surface area (TPSA) is 92.1 Å². The Labute approximate surface area is 151 Å². The number of amides is 2. The molecule has 2 aromatic heterocycles.